The molecule has 1 aromatic carbocycles. The molecule has 2 amide bonds. The number of aryl methyl sites for hydroxylation is 1. The van der Waals surface area contributed by atoms with E-state index in [1.54, 1.807) is 19.1 Å². The molecule has 2 saturated heterocycles. The fourth-order valence-corrected chi connectivity index (χ4v) is 6.48. The maximum atomic E-state index is 12.8. The van der Waals surface area contributed by atoms with Crippen molar-refractivity contribution in [2.45, 2.75) is 31.1 Å². The minimum absolute atomic E-state index is 0.0366. The Balaban J connectivity index is 1.39. The molecule has 10 heteroatoms. The topological polar surface area (TPSA) is 99.9 Å². The lowest BCUT2D eigenvalue weighted by Gasteiger charge is -2.26. The number of nitrogens with zero attached hydrogens (tertiary/aromatic N) is 2. The molecule has 0 atom stereocenters. The Bertz CT molecular complexity index is 1080. The van der Waals surface area contributed by atoms with Crippen LogP contribution in [0.4, 0.5) is 5.69 Å². The van der Waals surface area contributed by atoms with E-state index >= 15 is 0 Å². The molecule has 0 unspecified atom stereocenters. The van der Waals surface area contributed by atoms with Crippen molar-refractivity contribution in [3.8, 4) is 0 Å². The third kappa shape index (κ3) is 5.02. The van der Waals surface area contributed by atoms with Gasteiger partial charge >= 0.3 is 0 Å². The van der Waals surface area contributed by atoms with E-state index in [4.69, 9.17) is 4.42 Å². The predicted molar refractivity (Wildman–Crippen MR) is 123 cm³/mol. The van der Waals surface area contributed by atoms with E-state index in [0.717, 1.165) is 43.0 Å². The molecule has 3 heterocycles. The van der Waals surface area contributed by atoms with Crippen LogP contribution in [0, 0.1) is 6.92 Å². The highest BCUT2D eigenvalue weighted by atomic mass is 32.2. The van der Waals surface area contributed by atoms with Gasteiger partial charge in [0.2, 0.25) is 15.9 Å². The summed E-state index contributed by atoms with van der Waals surface area (Å²) >= 11 is 1.86. The molecule has 4 rings (SSSR count). The summed E-state index contributed by atoms with van der Waals surface area (Å²) in [5, 5.41) is 2.72. The van der Waals surface area contributed by atoms with Gasteiger partial charge in [0, 0.05) is 49.4 Å². The summed E-state index contributed by atoms with van der Waals surface area (Å²) in [7, 11) is -3.66. The van der Waals surface area contributed by atoms with Gasteiger partial charge in [-0.2, -0.15) is 16.1 Å². The fraction of sp³-hybridized carbons (Fsp3) is 0.455. The molecule has 2 aliphatic rings. The van der Waals surface area contributed by atoms with E-state index < -0.39 is 15.9 Å². The molecule has 2 aliphatic heterocycles. The Morgan fingerprint density at radius 1 is 1.06 bits per heavy atom. The predicted octanol–water partition coefficient (Wildman–Crippen LogP) is 2.74. The standard InChI is InChI=1S/C22H27N3O5S2/c1-16-20(32(28,29)25-8-2-3-9-25)15-19(30-16)22(27)23-18-6-4-17(5-7-18)14-21(26)24-10-12-31-13-11-24/h4-7,15H,2-3,8-14H2,1H3,(H,23,27). The van der Waals surface area contributed by atoms with Crippen LogP contribution in [0.15, 0.2) is 39.6 Å². The van der Waals surface area contributed by atoms with Crippen molar-refractivity contribution < 1.29 is 22.4 Å². The number of nitrogens with one attached hydrogen (secondary N) is 1. The van der Waals surface area contributed by atoms with Crippen molar-refractivity contribution >= 4 is 39.3 Å². The van der Waals surface area contributed by atoms with Crippen molar-refractivity contribution in [2.75, 3.05) is 43.0 Å². The molecule has 1 N–H and O–H groups in total. The Hall–Kier alpha value is -2.30. The summed E-state index contributed by atoms with van der Waals surface area (Å²) in [5.41, 5.74) is 1.41. The number of thioether (sulfide) groups is 1. The van der Waals surface area contributed by atoms with Crippen molar-refractivity contribution in [3.05, 3.63) is 47.4 Å². The summed E-state index contributed by atoms with van der Waals surface area (Å²) in [6.45, 7) is 4.10. The Morgan fingerprint density at radius 3 is 2.38 bits per heavy atom. The lowest BCUT2D eigenvalue weighted by atomic mass is 10.1. The highest BCUT2D eigenvalue weighted by molar-refractivity contribution is 7.99. The van der Waals surface area contributed by atoms with Crippen molar-refractivity contribution in [1.82, 2.24) is 9.21 Å². The molecule has 0 spiro atoms. The van der Waals surface area contributed by atoms with E-state index in [9.17, 15) is 18.0 Å². The highest BCUT2D eigenvalue weighted by Gasteiger charge is 2.31. The smallest absolute Gasteiger partial charge is 0.291 e. The molecule has 32 heavy (non-hydrogen) atoms. The Labute approximate surface area is 192 Å². The highest BCUT2D eigenvalue weighted by Crippen LogP contribution is 2.27. The number of benzene rings is 1. The molecule has 0 aliphatic carbocycles. The lowest BCUT2D eigenvalue weighted by molar-refractivity contribution is -0.130. The molecule has 172 valence electrons. The molecule has 0 bridgehead atoms. The minimum atomic E-state index is -3.66. The number of carbonyl (C=O) groups is 2. The second-order valence-electron chi connectivity index (χ2n) is 7.96. The van der Waals surface area contributed by atoms with Crippen LogP contribution in [0.3, 0.4) is 0 Å². The summed E-state index contributed by atoms with van der Waals surface area (Å²) in [6, 6.07) is 8.36. The Morgan fingerprint density at radius 2 is 1.72 bits per heavy atom. The monoisotopic (exact) mass is 477 g/mol. The number of carbonyl (C=O) groups excluding carboxylic acids is 2. The zero-order valence-corrected chi connectivity index (χ0v) is 19.6. The number of anilines is 1. The van der Waals surface area contributed by atoms with E-state index in [0.29, 0.717) is 25.2 Å². The number of sulfonamides is 1. The second-order valence-corrected chi connectivity index (χ2v) is 11.1. The average molecular weight is 478 g/mol. The Kier molecular flexibility index (Phi) is 6.92. The molecular weight excluding hydrogens is 450 g/mol. The van der Waals surface area contributed by atoms with Gasteiger partial charge < -0.3 is 14.6 Å². The van der Waals surface area contributed by atoms with E-state index in [2.05, 4.69) is 5.32 Å². The SMILES string of the molecule is Cc1oc(C(=O)Nc2ccc(CC(=O)N3CCSCC3)cc2)cc1S(=O)(=O)N1CCCC1. The van der Waals surface area contributed by atoms with Gasteiger partial charge in [-0.25, -0.2) is 8.42 Å². The van der Waals surface area contributed by atoms with Crippen LogP contribution >= 0.6 is 11.8 Å². The van der Waals surface area contributed by atoms with Crippen molar-refractivity contribution in [3.63, 3.8) is 0 Å². The van der Waals surface area contributed by atoms with Gasteiger partial charge in [0.15, 0.2) is 5.76 Å². The van der Waals surface area contributed by atoms with Gasteiger partial charge in [-0.15, -0.1) is 0 Å². The van der Waals surface area contributed by atoms with Crippen molar-refractivity contribution in [1.29, 1.82) is 0 Å². The number of hydrogen-bond acceptors (Lipinski definition) is 6. The lowest BCUT2D eigenvalue weighted by Crippen LogP contribution is -2.38. The largest absolute Gasteiger partial charge is 0.455 e. The summed E-state index contributed by atoms with van der Waals surface area (Å²) < 4.78 is 32.5. The second kappa shape index (κ2) is 9.68. The van der Waals surface area contributed by atoms with E-state index in [1.165, 1.54) is 10.4 Å². The van der Waals surface area contributed by atoms with Gasteiger partial charge in [0.05, 0.1) is 6.42 Å². The molecular formula is C22H27N3O5S2. The van der Waals surface area contributed by atoms with Gasteiger partial charge in [-0.05, 0) is 37.5 Å². The van der Waals surface area contributed by atoms with Gasteiger partial charge in [0.1, 0.15) is 10.7 Å². The van der Waals surface area contributed by atoms with E-state index in [1.807, 2.05) is 28.8 Å². The minimum Gasteiger partial charge on any atom is -0.455 e. The molecule has 8 nitrogen and oxygen atoms in total. The number of furan rings is 1. The molecule has 1 aromatic heterocycles. The number of hydrogen-bond donors (Lipinski definition) is 1. The normalized spacial score (nSPS) is 17.5. The van der Waals surface area contributed by atoms with E-state index in [-0.39, 0.29) is 22.3 Å². The first kappa shape index (κ1) is 22.9. The van der Waals surface area contributed by atoms with Crippen molar-refractivity contribution in [2.24, 2.45) is 0 Å². The van der Waals surface area contributed by atoms with Gasteiger partial charge in [-0.3, -0.25) is 9.59 Å². The maximum absolute atomic E-state index is 12.8. The van der Waals surface area contributed by atoms with Crippen LogP contribution in [0.5, 0.6) is 0 Å². The zero-order valence-electron chi connectivity index (χ0n) is 18.0. The molecule has 2 aromatic rings. The fourth-order valence-electron chi connectivity index (χ4n) is 3.90. The summed E-state index contributed by atoms with van der Waals surface area (Å²) in [5.74, 6) is 1.69. The molecule has 0 saturated carbocycles. The van der Waals surface area contributed by atoms with Crippen LogP contribution in [-0.2, 0) is 21.2 Å². The zero-order chi connectivity index (χ0) is 22.7. The van der Waals surface area contributed by atoms with Crippen LogP contribution in [0.25, 0.3) is 0 Å². The summed E-state index contributed by atoms with van der Waals surface area (Å²) in [4.78, 5) is 27.0. The maximum Gasteiger partial charge on any atom is 0.291 e. The van der Waals surface area contributed by atoms with Gasteiger partial charge in [0.25, 0.3) is 5.91 Å². The van der Waals surface area contributed by atoms with Gasteiger partial charge in [-0.1, -0.05) is 12.1 Å². The first-order valence-corrected chi connectivity index (χ1v) is 13.3. The number of rotatable bonds is 6. The summed E-state index contributed by atoms with van der Waals surface area (Å²) in [6.07, 6.45) is 2.00. The third-order valence-corrected chi connectivity index (χ3v) is 8.66. The van der Waals surface area contributed by atoms with Crippen LogP contribution in [-0.4, -0.2) is 67.1 Å². The molecule has 2 fully saturated rings. The average Bonchev–Trinajstić information content (AvgIpc) is 3.46. The first-order valence-electron chi connectivity index (χ1n) is 10.7. The molecule has 0 radical (unpaired) electrons. The quantitative estimate of drug-likeness (QED) is 0.687. The van der Waals surface area contributed by atoms with Crippen LogP contribution in [0.1, 0.15) is 34.7 Å². The third-order valence-electron chi connectivity index (χ3n) is 5.71. The van der Waals surface area contributed by atoms with Crippen LogP contribution in [0.2, 0.25) is 0 Å². The number of amides is 2. The van der Waals surface area contributed by atoms with Crippen LogP contribution < -0.4 is 5.32 Å². The first-order chi connectivity index (χ1) is 15.3.